The quantitative estimate of drug-likeness (QED) is 0.828. The molecule has 0 spiro atoms. The molecule has 2 amide bonds. The summed E-state index contributed by atoms with van der Waals surface area (Å²) >= 11 is 0. The maximum Gasteiger partial charge on any atom is 0.315 e. The number of nitrogens with one attached hydrogen (secondary N) is 2. The van der Waals surface area contributed by atoms with E-state index >= 15 is 0 Å². The van der Waals surface area contributed by atoms with Crippen LogP contribution in [0.3, 0.4) is 0 Å². The Morgan fingerprint density at radius 2 is 2.04 bits per heavy atom. The summed E-state index contributed by atoms with van der Waals surface area (Å²) in [6, 6.07) is 10.3. The van der Waals surface area contributed by atoms with Crippen molar-refractivity contribution in [1.29, 1.82) is 0 Å². The van der Waals surface area contributed by atoms with Gasteiger partial charge in [0.2, 0.25) is 0 Å². The van der Waals surface area contributed by atoms with Gasteiger partial charge in [-0.3, -0.25) is 9.11 Å². The van der Waals surface area contributed by atoms with Crippen molar-refractivity contribution >= 4 is 16.8 Å². The Hall–Kier alpha value is -1.40. The third-order valence-corrected chi connectivity index (χ3v) is 5.09. The lowest BCUT2D eigenvalue weighted by Gasteiger charge is -2.20. The monoisotopic (exact) mass is 337 g/mol. The molecule has 0 aliphatic carbocycles. The molecule has 0 aromatic heterocycles. The average molecular weight is 337 g/mol. The molecule has 0 saturated carbocycles. The summed E-state index contributed by atoms with van der Waals surface area (Å²) in [6.07, 6.45) is 1.65. The van der Waals surface area contributed by atoms with Crippen LogP contribution in [0.1, 0.15) is 19.4 Å². The van der Waals surface area contributed by atoms with Crippen LogP contribution in [-0.4, -0.2) is 52.3 Å². The van der Waals surface area contributed by atoms with Crippen molar-refractivity contribution in [2.45, 2.75) is 32.5 Å². The van der Waals surface area contributed by atoms with Gasteiger partial charge in [-0.05, 0) is 18.4 Å². The van der Waals surface area contributed by atoms with E-state index in [4.69, 9.17) is 0 Å². The average Bonchev–Trinajstić information content (AvgIpc) is 2.78. The number of nitrogens with zero attached hydrogens (tertiary/aromatic N) is 1. The highest BCUT2D eigenvalue weighted by molar-refractivity contribution is 7.84. The van der Waals surface area contributed by atoms with Gasteiger partial charge in [0.25, 0.3) is 0 Å². The van der Waals surface area contributed by atoms with E-state index in [-0.39, 0.29) is 18.1 Å². The summed E-state index contributed by atoms with van der Waals surface area (Å²) in [5, 5.41) is 5.92. The molecule has 0 radical (unpaired) electrons. The summed E-state index contributed by atoms with van der Waals surface area (Å²) in [5.74, 6) is 0.897. The van der Waals surface area contributed by atoms with E-state index in [0.29, 0.717) is 11.7 Å². The molecule has 128 valence electrons. The Morgan fingerprint density at radius 1 is 1.35 bits per heavy atom. The number of rotatable bonds is 6. The SMILES string of the molecule is C[C@H](C[S@](C)=O)NC(=O)N[C@H]1CN(Cc2ccccc2)C[C@H]1C. The summed E-state index contributed by atoms with van der Waals surface area (Å²) in [7, 11) is -0.902. The Bertz CT molecular complexity index is 538. The second kappa shape index (κ2) is 8.45. The third-order valence-electron chi connectivity index (χ3n) is 4.12. The van der Waals surface area contributed by atoms with Crippen molar-refractivity contribution in [3.8, 4) is 0 Å². The van der Waals surface area contributed by atoms with Crippen molar-refractivity contribution in [1.82, 2.24) is 15.5 Å². The van der Waals surface area contributed by atoms with Gasteiger partial charge in [0.15, 0.2) is 0 Å². The maximum atomic E-state index is 12.1. The van der Waals surface area contributed by atoms with Crippen LogP contribution in [0.5, 0.6) is 0 Å². The Morgan fingerprint density at radius 3 is 2.70 bits per heavy atom. The van der Waals surface area contributed by atoms with E-state index in [1.54, 1.807) is 6.26 Å². The fraction of sp³-hybridized carbons (Fsp3) is 0.588. The molecule has 4 atom stereocenters. The minimum Gasteiger partial charge on any atom is -0.335 e. The van der Waals surface area contributed by atoms with Crippen molar-refractivity contribution in [3.63, 3.8) is 0 Å². The lowest BCUT2D eigenvalue weighted by molar-refractivity contribution is 0.232. The van der Waals surface area contributed by atoms with Gasteiger partial charge in [0, 0.05) is 54.5 Å². The van der Waals surface area contributed by atoms with Crippen LogP contribution in [0.15, 0.2) is 30.3 Å². The first-order chi connectivity index (χ1) is 10.9. The Labute approximate surface area is 141 Å². The van der Waals surface area contributed by atoms with E-state index in [1.807, 2.05) is 13.0 Å². The minimum absolute atomic E-state index is 0.0852. The van der Waals surface area contributed by atoms with Crippen molar-refractivity contribution in [3.05, 3.63) is 35.9 Å². The molecular weight excluding hydrogens is 310 g/mol. The number of urea groups is 1. The van der Waals surface area contributed by atoms with Crippen LogP contribution in [-0.2, 0) is 17.3 Å². The molecule has 6 heteroatoms. The minimum atomic E-state index is -0.902. The van der Waals surface area contributed by atoms with Crippen molar-refractivity contribution in [2.24, 2.45) is 5.92 Å². The second-order valence-electron chi connectivity index (χ2n) is 6.52. The van der Waals surface area contributed by atoms with Gasteiger partial charge in [-0.1, -0.05) is 37.3 Å². The maximum absolute atomic E-state index is 12.1. The summed E-state index contributed by atoms with van der Waals surface area (Å²) in [5.41, 5.74) is 1.30. The van der Waals surface area contributed by atoms with E-state index in [1.165, 1.54) is 5.56 Å². The molecular formula is C17H27N3O2S. The van der Waals surface area contributed by atoms with Gasteiger partial charge in [-0.2, -0.15) is 0 Å². The largest absolute Gasteiger partial charge is 0.335 e. The molecule has 1 heterocycles. The van der Waals surface area contributed by atoms with Crippen LogP contribution in [0, 0.1) is 5.92 Å². The summed E-state index contributed by atoms with van der Waals surface area (Å²) in [4.78, 5) is 14.4. The first kappa shape index (κ1) is 17.9. The molecule has 1 aliphatic rings. The van der Waals surface area contributed by atoms with Gasteiger partial charge >= 0.3 is 6.03 Å². The zero-order valence-corrected chi connectivity index (χ0v) is 14.9. The van der Waals surface area contributed by atoms with Gasteiger partial charge in [-0.25, -0.2) is 4.79 Å². The van der Waals surface area contributed by atoms with Crippen LogP contribution in [0.25, 0.3) is 0 Å². The summed E-state index contributed by atoms with van der Waals surface area (Å²) in [6.45, 7) is 6.80. The molecule has 1 aliphatic heterocycles. The molecule has 2 rings (SSSR count). The fourth-order valence-electron chi connectivity index (χ4n) is 3.05. The third kappa shape index (κ3) is 5.95. The highest BCUT2D eigenvalue weighted by Crippen LogP contribution is 2.18. The summed E-state index contributed by atoms with van der Waals surface area (Å²) < 4.78 is 11.2. The molecule has 5 nitrogen and oxygen atoms in total. The van der Waals surface area contributed by atoms with Crippen molar-refractivity contribution < 1.29 is 9.00 Å². The molecule has 1 saturated heterocycles. The fourth-order valence-corrected chi connectivity index (χ4v) is 3.84. The lowest BCUT2D eigenvalue weighted by atomic mass is 10.1. The van der Waals surface area contributed by atoms with E-state index in [0.717, 1.165) is 19.6 Å². The zero-order valence-electron chi connectivity index (χ0n) is 14.1. The first-order valence-electron chi connectivity index (χ1n) is 8.07. The second-order valence-corrected chi connectivity index (χ2v) is 8.00. The van der Waals surface area contributed by atoms with E-state index < -0.39 is 10.8 Å². The van der Waals surface area contributed by atoms with Crippen LogP contribution < -0.4 is 10.6 Å². The lowest BCUT2D eigenvalue weighted by Crippen LogP contribution is -2.49. The number of amides is 2. The standard InChI is InChI=1S/C17H27N3O2S/c1-13-9-20(10-15-7-5-4-6-8-15)11-16(13)19-17(21)18-14(2)12-23(3)22/h4-8,13-14,16H,9-12H2,1-3H3,(H2,18,19,21)/t13-,14-,16+,23+/m1/s1. The van der Waals surface area contributed by atoms with Gasteiger partial charge in [-0.15, -0.1) is 0 Å². The van der Waals surface area contributed by atoms with Crippen LogP contribution in [0.2, 0.25) is 0 Å². The molecule has 1 aromatic carbocycles. The highest BCUT2D eigenvalue weighted by atomic mass is 32.2. The Kier molecular flexibility index (Phi) is 6.59. The van der Waals surface area contributed by atoms with Crippen LogP contribution >= 0.6 is 0 Å². The molecule has 0 bridgehead atoms. The smallest absolute Gasteiger partial charge is 0.315 e. The van der Waals surface area contributed by atoms with Gasteiger partial charge in [0.05, 0.1) is 0 Å². The topological polar surface area (TPSA) is 61.4 Å². The number of carbonyl (C=O) groups excluding carboxylic acids is 1. The molecule has 1 aromatic rings. The van der Waals surface area contributed by atoms with Gasteiger partial charge < -0.3 is 10.6 Å². The highest BCUT2D eigenvalue weighted by Gasteiger charge is 2.30. The Balaban J connectivity index is 1.80. The first-order valence-corrected chi connectivity index (χ1v) is 9.80. The molecule has 2 N–H and O–H groups in total. The predicted octanol–water partition coefficient (Wildman–Crippen LogP) is 1.57. The zero-order chi connectivity index (χ0) is 16.8. The number of benzene rings is 1. The normalized spacial score (nSPS) is 24.1. The predicted molar refractivity (Wildman–Crippen MR) is 94.7 cm³/mol. The van der Waals surface area contributed by atoms with Gasteiger partial charge in [0.1, 0.15) is 0 Å². The number of likely N-dealkylation sites (tertiary alicyclic amines) is 1. The van der Waals surface area contributed by atoms with E-state index in [9.17, 15) is 9.00 Å². The van der Waals surface area contributed by atoms with E-state index in [2.05, 4.69) is 46.7 Å². The number of hydrogen-bond acceptors (Lipinski definition) is 3. The van der Waals surface area contributed by atoms with Crippen LogP contribution in [0.4, 0.5) is 4.79 Å². The molecule has 1 fully saturated rings. The number of carbonyl (C=O) groups is 1. The molecule has 0 unspecified atom stereocenters. The molecule has 23 heavy (non-hydrogen) atoms. The van der Waals surface area contributed by atoms with Crippen molar-refractivity contribution in [2.75, 3.05) is 25.1 Å². The number of hydrogen-bond donors (Lipinski definition) is 2.